The molecule has 0 bridgehead atoms. The van der Waals surface area contributed by atoms with E-state index in [4.69, 9.17) is 4.74 Å². The van der Waals surface area contributed by atoms with E-state index in [2.05, 4.69) is 43.6 Å². The second-order valence-electron chi connectivity index (χ2n) is 8.11. The van der Waals surface area contributed by atoms with Gasteiger partial charge in [0.2, 0.25) is 0 Å². The third-order valence-electron chi connectivity index (χ3n) is 5.33. The van der Waals surface area contributed by atoms with E-state index in [-0.39, 0.29) is 18.1 Å². The molecule has 9 nitrogen and oxygen atoms in total. The Balaban J connectivity index is 1.74. The fourth-order valence-electron chi connectivity index (χ4n) is 3.92. The van der Waals surface area contributed by atoms with Crippen molar-refractivity contribution in [3.63, 3.8) is 0 Å². The normalized spacial score (nSPS) is 21.0. The number of aliphatic hydroxyl groups excluding tert-OH is 1. The largest absolute Gasteiger partial charge is 0.454 e. The molecule has 1 aliphatic heterocycles. The van der Waals surface area contributed by atoms with Crippen molar-refractivity contribution < 1.29 is 14.6 Å². The molecule has 1 fully saturated rings. The average Bonchev–Trinajstić information content (AvgIpc) is 2.73. The van der Waals surface area contributed by atoms with Gasteiger partial charge in [0.1, 0.15) is 17.7 Å². The van der Waals surface area contributed by atoms with Gasteiger partial charge in [0, 0.05) is 44.0 Å². The molecule has 0 aliphatic carbocycles. The molecule has 0 saturated carbocycles. The van der Waals surface area contributed by atoms with E-state index in [1.54, 1.807) is 26.2 Å². The summed E-state index contributed by atoms with van der Waals surface area (Å²) >= 11 is 0. The van der Waals surface area contributed by atoms with Crippen LogP contribution in [0.3, 0.4) is 0 Å². The third-order valence-corrected chi connectivity index (χ3v) is 5.33. The van der Waals surface area contributed by atoms with Gasteiger partial charge in [0.25, 0.3) is 0 Å². The molecule has 31 heavy (non-hydrogen) atoms. The van der Waals surface area contributed by atoms with Crippen molar-refractivity contribution in [3.8, 4) is 0 Å². The molecule has 1 N–H and O–H groups in total. The van der Waals surface area contributed by atoms with E-state index in [0.29, 0.717) is 18.1 Å². The highest BCUT2D eigenvalue weighted by Gasteiger charge is 2.31. The Morgan fingerprint density at radius 3 is 2.29 bits per heavy atom. The van der Waals surface area contributed by atoms with E-state index in [1.165, 1.54) is 0 Å². The number of hydrogen-bond donors (Lipinski definition) is 1. The molecular weight excluding hydrogens is 396 g/mol. The second kappa shape index (κ2) is 10.00. The van der Waals surface area contributed by atoms with Crippen molar-refractivity contribution in [2.45, 2.75) is 71.8 Å². The molecule has 1 aliphatic rings. The predicted molar refractivity (Wildman–Crippen MR) is 118 cm³/mol. The van der Waals surface area contributed by atoms with Crippen molar-refractivity contribution >= 4 is 17.6 Å². The number of rotatable bonds is 7. The number of anilines is 2. The van der Waals surface area contributed by atoms with E-state index >= 15 is 0 Å². The second-order valence-corrected chi connectivity index (χ2v) is 8.11. The van der Waals surface area contributed by atoms with Crippen LogP contribution in [-0.2, 0) is 9.53 Å². The first kappa shape index (κ1) is 22.9. The summed E-state index contributed by atoms with van der Waals surface area (Å²) < 4.78 is 5.44. The lowest BCUT2D eigenvalue weighted by atomic mass is 10.1. The summed E-state index contributed by atoms with van der Waals surface area (Å²) in [7, 11) is 0. The zero-order valence-electron chi connectivity index (χ0n) is 18.9. The number of piperazine rings is 1. The molecule has 0 amide bonds. The van der Waals surface area contributed by atoms with Crippen molar-refractivity contribution in [1.82, 2.24) is 19.9 Å². The van der Waals surface area contributed by atoms with Gasteiger partial charge in [0.15, 0.2) is 17.8 Å². The van der Waals surface area contributed by atoms with Crippen LogP contribution in [0.4, 0.5) is 11.6 Å². The number of aromatic nitrogens is 4. The summed E-state index contributed by atoms with van der Waals surface area (Å²) in [5.41, 5.74) is 0. The van der Waals surface area contributed by atoms with Gasteiger partial charge in [-0.3, -0.25) is 4.79 Å². The number of aliphatic hydroxyl groups is 1. The quantitative estimate of drug-likeness (QED) is 0.666. The molecule has 168 valence electrons. The molecule has 4 atom stereocenters. The molecule has 9 heteroatoms. The highest BCUT2D eigenvalue weighted by atomic mass is 16.5. The van der Waals surface area contributed by atoms with Gasteiger partial charge in [-0.2, -0.15) is 0 Å². The van der Waals surface area contributed by atoms with Crippen LogP contribution in [0.2, 0.25) is 0 Å². The summed E-state index contributed by atoms with van der Waals surface area (Å²) in [6.45, 7) is 11.2. The Hall–Kier alpha value is -2.81. The first-order valence-electron chi connectivity index (χ1n) is 10.9. The SMILES string of the molecule is CCCC(=O)O[C@H](C)c1nccc(N2C[C@@H](C)N(c3ccnc([C@@H](C)O)n3)[C@@H](C)C2)n1. The Kier molecular flexibility index (Phi) is 7.37. The van der Waals surface area contributed by atoms with E-state index in [9.17, 15) is 9.90 Å². The lowest BCUT2D eigenvalue weighted by Crippen LogP contribution is -2.57. The van der Waals surface area contributed by atoms with Crippen LogP contribution in [0.1, 0.15) is 71.3 Å². The number of ether oxygens (including phenoxy) is 1. The summed E-state index contributed by atoms with van der Waals surface area (Å²) in [6, 6.07) is 4.09. The van der Waals surface area contributed by atoms with Gasteiger partial charge in [-0.1, -0.05) is 6.92 Å². The van der Waals surface area contributed by atoms with Crippen LogP contribution in [0, 0.1) is 0 Å². The maximum absolute atomic E-state index is 11.8. The highest BCUT2D eigenvalue weighted by Crippen LogP contribution is 2.26. The first-order chi connectivity index (χ1) is 14.8. The van der Waals surface area contributed by atoms with Crippen LogP contribution < -0.4 is 9.80 Å². The summed E-state index contributed by atoms with van der Waals surface area (Å²) in [5, 5.41) is 9.83. The van der Waals surface area contributed by atoms with Gasteiger partial charge in [-0.05, 0) is 46.2 Å². The van der Waals surface area contributed by atoms with E-state index < -0.39 is 12.2 Å². The minimum absolute atomic E-state index is 0.165. The molecule has 3 rings (SSSR count). The average molecular weight is 429 g/mol. The maximum Gasteiger partial charge on any atom is 0.306 e. The van der Waals surface area contributed by atoms with Crippen LogP contribution in [0.25, 0.3) is 0 Å². The molecule has 0 aromatic carbocycles. The number of carbonyl (C=O) groups is 1. The molecule has 0 unspecified atom stereocenters. The topological polar surface area (TPSA) is 105 Å². The smallest absolute Gasteiger partial charge is 0.306 e. The lowest BCUT2D eigenvalue weighted by molar-refractivity contribution is -0.149. The zero-order valence-corrected chi connectivity index (χ0v) is 18.9. The molecule has 3 heterocycles. The number of esters is 1. The first-order valence-corrected chi connectivity index (χ1v) is 10.9. The van der Waals surface area contributed by atoms with Crippen molar-refractivity contribution in [1.29, 1.82) is 0 Å². The van der Waals surface area contributed by atoms with Crippen molar-refractivity contribution in [3.05, 3.63) is 36.2 Å². The maximum atomic E-state index is 11.8. The van der Waals surface area contributed by atoms with Gasteiger partial charge in [0.05, 0.1) is 0 Å². The zero-order chi connectivity index (χ0) is 22.5. The molecule has 1 saturated heterocycles. The van der Waals surface area contributed by atoms with Gasteiger partial charge in [-0.25, -0.2) is 19.9 Å². The van der Waals surface area contributed by atoms with Gasteiger partial charge >= 0.3 is 5.97 Å². The fraction of sp³-hybridized carbons (Fsp3) is 0.591. The summed E-state index contributed by atoms with van der Waals surface area (Å²) in [5.74, 6) is 2.31. The Morgan fingerprint density at radius 2 is 1.68 bits per heavy atom. The Morgan fingerprint density at radius 1 is 1.10 bits per heavy atom. The predicted octanol–water partition coefficient (Wildman–Crippen LogP) is 2.83. The van der Waals surface area contributed by atoms with E-state index in [1.807, 2.05) is 19.1 Å². The molecule has 0 radical (unpaired) electrons. The number of carbonyl (C=O) groups excluding carboxylic acids is 1. The van der Waals surface area contributed by atoms with Crippen molar-refractivity contribution in [2.75, 3.05) is 22.9 Å². The van der Waals surface area contributed by atoms with Gasteiger partial charge < -0.3 is 19.6 Å². The van der Waals surface area contributed by atoms with Crippen LogP contribution in [0.5, 0.6) is 0 Å². The van der Waals surface area contributed by atoms with Gasteiger partial charge in [-0.15, -0.1) is 0 Å². The van der Waals surface area contributed by atoms with Crippen LogP contribution in [-0.4, -0.2) is 56.2 Å². The fourth-order valence-corrected chi connectivity index (χ4v) is 3.92. The molecule has 2 aromatic rings. The molecule has 0 spiro atoms. The third kappa shape index (κ3) is 5.46. The van der Waals surface area contributed by atoms with Crippen LogP contribution >= 0.6 is 0 Å². The standard InChI is InChI=1S/C22H32N6O3/c1-6-7-20(30)31-17(5)22-24-10-8-18(25-22)27-12-14(2)28(15(3)13-27)19-9-11-23-21(26-19)16(4)29/h8-11,14-17,29H,6-7,12-13H2,1-5H3/t14-,15+,16-,17-/m1/s1. The summed E-state index contributed by atoms with van der Waals surface area (Å²) in [4.78, 5) is 34.0. The summed E-state index contributed by atoms with van der Waals surface area (Å²) in [6.07, 6.45) is 3.34. The lowest BCUT2D eigenvalue weighted by Gasteiger charge is -2.45. The monoisotopic (exact) mass is 428 g/mol. The number of nitrogens with zero attached hydrogens (tertiary/aromatic N) is 6. The van der Waals surface area contributed by atoms with E-state index in [0.717, 1.165) is 31.1 Å². The van der Waals surface area contributed by atoms with Crippen LogP contribution in [0.15, 0.2) is 24.5 Å². The Bertz CT molecular complexity index is 881. The molecular formula is C22H32N6O3. The minimum atomic E-state index is -0.709. The minimum Gasteiger partial charge on any atom is -0.454 e. The highest BCUT2D eigenvalue weighted by molar-refractivity contribution is 5.69. The number of hydrogen-bond acceptors (Lipinski definition) is 9. The Labute approximate surface area is 183 Å². The van der Waals surface area contributed by atoms with Crippen molar-refractivity contribution in [2.24, 2.45) is 0 Å². The molecule has 2 aromatic heterocycles.